The Morgan fingerprint density at radius 2 is 1.44 bits per heavy atom. The lowest BCUT2D eigenvalue weighted by Crippen LogP contribution is -2.58. The van der Waals surface area contributed by atoms with Gasteiger partial charge in [0.15, 0.2) is 0 Å². The van der Waals surface area contributed by atoms with Gasteiger partial charge in [-0.3, -0.25) is 19.4 Å². The number of nitrogens with zero attached hydrogens (tertiary/aromatic N) is 4. The standard InChI is InChI=1S/C43H45Cl2N5O4/c1-25(51)48-14-16-49(17-15-48)34-12-10-26-18-28(20-36(53-2)38(26)34)29-6-4-7-30(40(29)44)31-8-5-9-32(41(31)45)33-19-27-11-13-35(39(27)42(47-33)54-3)50-23-43(24-50)21-37(52)46-22-43/h4-9,18-20,34-35H,10-17,21-24H2,1-3H3,(H,46,52)/t34-,35-/m0/s1. The Bertz CT molecular complexity index is 2180. The highest BCUT2D eigenvalue weighted by Gasteiger charge is 2.51. The average Bonchev–Trinajstić information content (AvgIpc) is 3.91. The van der Waals surface area contributed by atoms with Crippen molar-refractivity contribution in [3.05, 3.63) is 86.9 Å². The molecule has 1 spiro atoms. The molecule has 5 aliphatic rings. The van der Waals surface area contributed by atoms with Crippen LogP contribution in [-0.2, 0) is 22.4 Å². The fourth-order valence-corrected chi connectivity index (χ4v) is 10.6. The van der Waals surface area contributed by atoms with Gasteiger partial charge >= 0.3 is 0 Å². The summed E-state index contributed by atoms with van der Waals surface area (Å²) in [6, 6.07) is 19.2. The number of likely N-dealkylation sites (tertiary alicyclic amines) is 1. The van der Waals surface area contributed by atoms with Crippen molar-refractivity contribution in [1.29, 1.82) is 0 Å². The third kappa shape index (κ3) is 5.95. The lowest BCUT2D eigenvalue weighted by molar-refractivity contribution is -0.131. The van der Waals surface area contributed by atoms with Crippen LogP contribution in [0, 0.1) is 5.41 Å². The minimum absolute atomic E-state index is 0.0668. The van der Waals surface area contributed by atoms with Crippen molar-refractivity contribution >= 4 is 35.0 Å². The third-order valence-electron chi connectivity index (χ3n) is 12.6. The highest BCUT2D eigenvalue weighted by Crippen LogP contribution is 2.50. The first kappa shape index (κ1) is 35.5. The van der Waals surface area contributed by atoms with Gasteiger partial charge in [0.25, 0.3) is 0 Å². The predicted molar refractivity (Wildman–Crippen MR) is 211 cm³/mol. The fourth-order valence-electron chi connectivity index (χ4n) is 9.90. The molecule has 1 aromatic heterocycles. The molecule has 3 fully saturated rings. The summed E-state index contributed by atoms with van der Waals surface area (Å²) < 4.78 is 12.0. The van der Waals surface area contributed by atoms with Gasteiger partial charge in [0.2, 0.25) is 17.7 Å². The summed E-state index contributed by atoms with van der Waals surface area (Å²) in [5.74, 6) is 1.81. The summed E-state index contributed by atoms with van der Waals surface area (Å²) in [6.45, 7) is 7.47. The average molecular weight is 767 g/mol. The topological polar surface area (TPSA) is 87.2 Å². The molecular formula is C43H45Cl2N5O4. The van der Waals surface area contributed by atoms with Crippen LogP contribution in [0.3, 0.4) is 0 Å². The number of rotatable bonds is 7. The summed E-state index contributed by atoms with van der Waals surface area (Å²) in [7, 11) is 3.43. The van der Waals surface area contributed by atoms with Crippen LogP contribution in [0.2, 0.25) is 10.0 Å². The van der Waals surface area contributed by atoms with Crippen molar-refractivity contribution in [2.45, 2.75) is 51.1 Å². The molecule has 0 saturated carbocycles. The van der Waals surface area contributed by atoms with Crippen LogP contribution in [0.1, 0.15) is 60.5 Å². The number of amides is 2. The smallest absolute Gasteiger partial charge is 0.220 e. The lowest BCUT2D eigenvalue weighted by atomic mass is 9.77. The molecule has 2 aliphatic carbocycles. The molecule has 0 bridgehead atoms. The number of aromatic nitrogens is 1. The van der Waals surface area contributed by atoms with E-state index >= 15 is 0 Å². The number of fused-ring (bicyclic) bond motifs is 2. The number of aryl methyl sites for hydroxylation is 2. The van der Waals surface area contributed by atoms with Gasteiger partial charge < -0.3 is 19.7 Å². The second kappa shape index (κ2) is 13.9. The number of pyridine rings is 1. The second-order valence-corrected chi connectivity index (χ2v) is 16.4. The number of nitrogens with one attached hydrogen (secondary N) is 1. The zero-order chi connectivity index (χ0) is 37.3. The largest absolute Gasteiger partial charge is 0.496 e. The molecular weight excluding hydrogens is 721 g/mol. The minimum atomic E-state index is 0.0668. The molecule has 9 nitrogen and oxygen atoms in total. The number of hydrogen-bond donors (Lipinski definition) is 1. The Hall–Kier alpha value is -4.15. The van der Waals surface area contributed by atoms with E-state index in [4.69, 9.17) is 37.7 Å². The summed E-state index contributed by atoms with van der Waals surface area (Å²) in [5, 5.41) is 4.23. The second-order valence-electron chi connectivity index (χ2n) is 15.7. The van der Waals surface area contributed by atoms with E-state index in [0.717, 1.165) is 116 Å². The zero-order valence-electron chi connectivity index (χ0n) is 31.0. The molecule has 54 heavy (non-hydrogen) atoms. The zero-order valence-corrected chi connectivity index (χ0v) is 32.5. The van der Waals surface area contributed by atoms with Crippen LogP contribution in [-0.4, -0.2) is 91.5 Å². The van der Waals surface area contributed by atoms with E-state index in [2.05, 4.69) is 39.4 Å². The van der Waals surface area contributed by atoms with E-state index in [-0.39, 0.29) is 29.3 Å². The van der Waals surface area contributed by atoms with Crippen molar-refractivity contribution in [1.82, 2.24) is 25.0 Å². The molecule has 1 N–H and O–H groups in total. The number of carbonyl (C=O) groups is 2. The van der Waals surface area contributed by atoms with Crippen molar-refractivity contribution in [2.75, 3.05) is 60.0 Å². The number of methoxy groups -OCH3 is 2. The maximum atomic E-state index is 11.9. The highest BCUT2D eigenvalue weighted by atomic mass is 35.5. The number of halogens is 2. The molecule has 3 saturated heterocycles. The molecule has 0 radical (unpaired) electrons. The number of carbonyl (C=O) groups excluding carboxylic acids is 2. The minimum Gasteiger partial charge on any atom is -0.496 e. The summed E-state index contributed by atoms with van der Waals surface area (Å²) >= 11 is 14.6. The van der Waals surface area contributed by atoms with E-state index in [1.165, 1.54) is 16.7 Å². The van der Waals surface area contributed by atoms with Crippen molar-refractivity contribution < 1.29 is 19.1 Å². The predicted octanol–water partition coefficient (Wildman–Crippen LogP) is 7.37. The first-order chi connectivity index (χ1) is 26.2. The summed E-state index contributed by atoms with van der Waals surface area (Å²) in [4.78, 5) is 35.8. The van der Waals surface area contributed by atoms with Crippen LogP contribution in [0.15, 0.2) is 54.6 Å². The van der Waals surface area contributed by atoms with Gasteiger partial charge in [0.1, 0.15) is 5.75 Å². The van der Waals surface area contributed by atoms with Gasteiger partial charge in [-0.15, -0.1) is 0 Å². The van der Waals surface area contributed by atoms with Gasteiger partial charge in [-0.05, 0) is 54.5 Å². The van der Waals surface area contributed by atoms with Crippen LogP contribution >= 0.6 is 23.2 Å². The lowest BCUT2D eigenvalue weighted by Gasteiger charge is -2.50. The van der Waals surface area contributed by atoms with E-state index in [1.54, 1.807) is 21.1 Å². The van der Waals surface area contributed by atoms with Crippen LogP contribution in [0.5, 0.6) is 11.6 Å². The Morgan fingerprint density at radius 1 is 0.815 bits per heavy atom. The SMILES string of the molecule is COc1cc(-c2cccc(-c3cccc(-c4cc5c(c(OC)n4)[C@@H](N4CC6(CNC(=O)C6)C4)CC5)c3Cl)c2Cl)cc2c1[C@@H](N1CCN(C(C)=O)CC1)CC2. The third-order valence-corrected chi connectivity index (χ3v) is 13.4. The first-order valence-electron chi connectivity index (χ1n) is 19.0. The van der Waals surface area contributed by atoms with Crippen LogP contribution in [0.4, 0.5) is 0 Å². The Labute approximate surface area is 326 Å². The molecule has 0 unspecified atom stereocenters. The Balaban J connectivity index is 1.00. The summed E-state index contributed by atoms with van der Waals surface area (Å²) in [5.41, 5.74) is 10.2. The monoisotopic (exact) mass is 765 g/mol. The highest BCUT2D eigenvalue weighted by molar-refractivity contribution is 6.39. The molecule has 9 rings (SSSR count). The van der Waals surface area contributed by atoms with Crippen molar-refractivity contribution in [2.24, 2.45) is 5.41 Å². The van der Waals surface area contributed by atoms with E-state index < -0.39 is 0 Å². The van der Waals surface area contributed by atoms with E-state index in [9.17, 15) is 9.59 Å². The van der Waals surface area contributed by atoms with Gasteiger partial charge in [-0.2, -0.15) is 0 Å². The van der Waals surface area contributed by atoms with Gasteiger partial charge in [0, 0.05) is 110 Å². The summed E-state index contributed by atoms with van der Waals surface area (Å²) in [6.07, 6.45) is 4.52. The van der Waals surface area contributed by atoms with Crippen molar-refractivity contribution in [3.63, 3.8) is 0 Å². The maximum absolute atomic E-state index is 11.9. The molecule has 4 heterocycles. The molecule has 4 aromatic rings. The number of ether oxygens (including phenoxy) is 2. The van der Waals surface area contributed by atoms with Gasteiger partial charge in [-0.1, -0.05) is 65.7 Å². The Morgan fingerprint density at radius 3 is 2.07 bits per heavy atom. The normalized spacial score (nSPS) is 21.9. The Kier molecular flexibility index (Phi) is 9.12. The molecule has 2 atom stereocenters. The molecule has 3 aliphatic heterocycles. The molecule has 280 valence electrons. The maximum Gasteiger partial charge on any atom is 0.220 e. The number of benzene rings is 3. The molecule has 2 amide bonds. The van der Waals surface area contributed by atoms with Gasteiger partial charge in [0.05, 0.1) is 30.0 Å². The van der Waals surface area contributed by atoms with Crippen molar-refractivity contribution in [3.8, 4) is 45.1 Å². The fraction of sp³-hybridized carbons (Fsp3) is 0.419. The number of hydrogen-bond acceptors (Lipinski definition) is 7. The molecule has 11 heteroatoms. The van der Waals surface area contributed by atoms with Gasteiger partial charge in [-0.25, -0.2) is 4.98 Å². The van der Waals surface area contributed by atoms with E-state index in [1.807, 2.05) is 35.2 Å². The number of piperazine rings is 1. The van der Waals surface area contributed by atoms with E-state index in [0.29, 0.717) is 22.3 Å². The quantitative estimate of drug-likeness (QED) is 0.210. The first-order valence-corrected chi connectivity index (χ1v) is 19.8. The molecule has 3 aromatic carbocycles. The van der Waals surface area contributed by atoms with Crippen LogP contribution < -0.4 is 14.8 Å². The van der Waals surface area contributed by atoms with Crippen LogP contribution in [0.25, 0.3) is 33.5 Å².